The fourth-order valence-electron chi connectivity index (χ4n) is 0. The second-order valence-electron chi connectivity index (χ2n) is 0. The second-order valence-corrected chi connectivity index (χ2v) is 0. The van der Waals surface area contributed by atoms with E-state index in [1.54, 1.807) is 0 Å². The van der Waals surface area contributed by atoms with Crippen molar-refractivity contribution < 1.29 is 27.7 Å². The molecule has 0 nitrogen and oxygen atoms in total. The average Bonchev–Trinajstić information content (AvgIpc) is 1.50. The second kappa shape index (κ2) is 333. The summed E-state index contributed by atoms with van der Waals surface area (Å²) < 4.78 is 32.0. The topological polar surface area (TPSA) is 0 Å². The molecular weight excluding hydrogens is 114 g/mol. The average molecular weight is 116 g/mol. The molecule has 0 saturated carbocycles. The summed E-state index contributed by atoms with van der Waals surface area (Å²) in [7, 11) is 0. The van der Waals surface area contributed by atoms with Crippen molar-refractivity contribution in [2.45, 2.75) is 0 Å². The highest BCUT2D eigenvalue weighted by molar-refractivity contribution is 2.11. The molecule has 0 aliphatic heterocycles. The molecule has 0 aromatic heterocycles. The van der Waals surface area contributed by atoms with E-state index in [4.69, 9.17) is 18.3 Å². The Hall–Kier alpha value is -0.420. The lowest BCUT2D eigenvalue weighted by Crippen LogP contribution is -0.580. The van der Waals surface area contributed by atoms with Gasteiger partial charge in [0.05, 0.1) is 0 Å². The van der Waals surface area contributed by atoms with E-state index in [1.165, 1.54) is 0 Å². The van der Waals surface area contributed by atoms with Gasteiger partial charge in [-0.1, -0.05) is 0 Å². The van der Waals surface area contributed by atoms with Gasteiger partial charge in [-0.25, -0.2) is 0 Å². The molecule has 0 amide bonds. The lowest BCUT2D eigenvalue weighted by atomic mass is 18.0. The summed E-state index contributed by atoms with van der Waals surface area (Å²) in [6.45, 7) is 0. The van der Waals surface area contributed by atoms with Crippen LogP contribution >= 0.6 is 0 Å². The maximum atomic E-state index is 8.00. The van der Waals surface area contributed by atoms with Gasteiger partial charge in [0.2, 0.25) is 0 Å². The Bertz CT molecular complexity index is 0. The maximum absolute atomic E-state index is 8.00. The minimum absolute atomic E-state index is 0. The van der Waals surface area contributed by atoms with Gasteiger partial charge < -0.3 is 0 Å². The van der Waals surface area contributed by atoms with E-state index in [9.17, 15) is 0 Å². The summed E-state index contributed by atoms with van der Waals surface area (Å²) in [5.74, 6) is 0. The molecule has 0 rings (SSSR count). The number of hydrogen-bond acceptors (Lipinski definition) is 0. The SMILES string of the molecule is F.F.FF.FF. The van der Waals surface area contributed by atoms with Gasteiger partial charge in [-0.15, -0.1) is 0 Å². The minimum atomic E-state index is 0. The molecule has 0 aliphatic rings. The van der Waals surface area contributed by atoms with Crippen molar-refractivity contribution in [1.29, 1.82) is 0 Å². The third kappa shape index (κ3) is 135. The fourth-order valence-corrected chi connectivity index (χ4v) is 0. The molecule has 0 aliphatic carbocycles. The van der Waals surface area contributed by atoms with Gasteiger partial charge in [-0.05, 0) is 0 Å². The predicted octanol–water partition coefficient (Wildman–Crippen LogP) is 1.99. The Morgan fingerprint density at radius 3 is 0.500 bits per heavy atom. The molecule has 0 N–H and O–H groups in total. The van der Waals surface area contributed by atoms with Gasteiger partial charge in [0.25, 0.3) is 0 Å². The van der Waals surface area contributed by atoms with Crippen molar-refractivity contribution in [2.75, 3.05) is 0 Å². The maximum Gasteiger partial charge on any atom is 0 e. The first-order chi connectivity index (χ1) is 2.00. The quantitative estimate of drug-likeness (QED) is 0.424. The molecule has 0 radical (unpaired) electrons. The van der Waals surface area contributed by atoms with Crippen LogP contribution < -0.4 is 0 Å². The highest BCUT2D eigenvalue weighted by Gasteiger charge is 1.00. The Morgan fingerprint density at radius 1 is 0.500 bits per heavy atom. The first-order valence-corrected chi connectivity index (χ1v) is 0.286. The van der Waals surface area contributed by atoms with E-state index in [0.717, 1.165) is 0 Å². The number of rotatable bonds is 0. The zero-order valence-electron chi connectivity index (χ0n) is 2.33. The summed E-state index contributed by atoms with van der Waals surface area (Å²) in [6.07, 6.45) is 0. The Kier molecular flexibility index (Phi) is 2600. The third-order valence-corrected chi connectivity index (χ3v) is 0. The van der Waals surface area contributed by atoms with Crippen LogP contribution in [0.4, 0.5) is 27.7 Å². The predicted molar refractivity (Wildman–Crippen MR) is 9.44 cm³/mol. The highest BCUT2D eigenvalue weighted by atomic mass is 20.0. The van der Waals surface area contributed by atoms with E-state index in [-0.39, 0.29) is 9.41 Å². The van der Waals surface area contributed by atoms with Gasteiger partial charge >= 0.3 is 0 Å². The fraction of sp³-hybridized carbons (Fsp3) is 0. The van der Waals surface area contributed by atoms with Crippen LogP contribution in [-0.2, 0) is 0 Å². The molecule has 44 valence electrons. The Morgan fingerprint density at radius 2 is 0.500 bits per heavy atom. The van der Waals surface area contributed by atoms with Crippen LogP contribution in [0.3, 0.4) is 0 Å². The van der Waals surface area contributed by atoms with Crippen molar-refractivity contribution in [3.8, 4) is 0 Å². The van der Waals surface area contributed by atoms with Crippen LogP contribution in [0.5, 0.6) is 0 Å². The lowest BCUT2D eigenvalue weighted by Gasteiger charge is -1.00. The van der Waals surface area contributed by atoms with Crippen LogP contribution in [0.2, 0.25) is 0 Å². The van der Waals surface area contributed by atoms with E-state index < -0.39 is 0 Å². The largest absolute Gasteiger partial charge is 0.269 e. The van der Waals surface area contributed by atoms with Crippen molar-refractivity contribution in [1.82, 2.24) is 0 Å². The van der Waals surface area contributed by atoms with E-state index in [2.05, 4.69) is 0 Å². The first-order valence-electron chi connectivity index (χ1n) is 0.286. The molecule has 0 bridgehead atoms. The Labute approximate surface area is 29.2 Å². The van der Waals surface area contributed by atoms with Crippen LogP contribution in [0.25, 0.3) is 0 Å². The van der Waals surface area contributed by atoms with Crippen LogP contribution in [-0.4, -0.2) is 0 Å². The highest BCUT2D eigenvalue weighted by Crippen LogP contribution is 1.42. The van der Waals surface area contributed by atoms with Crippen LogP contribution in [0.15, 0.2) is 0 Å². The van der Waals surface area contributed by atoms with Crippen molar-refractivity contribution in [3.63, 3.8) is 0 Å². The zero-order valence-corrected chi connectivity index (χ0v) is 2.33. The van der Waals surface area contributed by atoms with E-state index in [0.29, 0.717) is 0 Å². The summed E-state index contributed by atoms with van der Waals surface area (Å²) in [4.78, 5) is 0. The van der Waals surface area contributed by atoms with Gasteiger partial charge in [0.1, 0.15) is 0 Å². The third-order valence-electron chi connectivity index (χ3n) is 0. The van der Waals surface area contributed by atoms with Crippen molar-refractivity contribution >= 4 is 0 Å². The normalized spacial score (nSPS) is 2.00. The molecule has 6 heteroatoms. The summed E-state index contributed by atoms with van der Waals surface area (Å²) in [5.41, 5.74) is 0. The minimum Gasteiger partial charge on any atom is -0.269 e. The molecule has 0 aromatic rings. The van der Waals surface area contributed by atoms with Crippen molar-refractivity contribution in [2.24, 2.45) is 0 Å². The lowest BCUT2D eigenvalue weighted by molar-refractivity contribution is 0.108. The van der Waals surface area contributed by atoms with Crippen LogP contribution in [0, 0.1) is 0 Å². The molecule has 0 atom stereocenters. The van der Waals surface area contributed by atoms with Gasteiger partial charge in [0.15, 0.2) is 0 Å². The summed E-state index contributed by atoms with van der Waals surface area (Å²) in [6, 6.07) is 0. The molecule has 6 heavy (non-hydrogen) atoms. The van der Waals surface area contributed by atoms with Gasteiger partial charge in [0, 0.05) is 18.3 Å². The van der Waals surface area contributed by atoms with E-state index >= 15 is 0 Å². The van der Waals surface area contributed by atoms with Gasteiger partial charge in [-0.3, -0.25) is 9.41 Å². The van der Waals surface area contributed by atoms with Crippen LogP contribution in [0.1, 0.15) is 0 Å². The molecule has 0 fully saturated rings. The number of hydrogen-bond donors (Lipinski definition) is 0. The molecular formula is H2F6. The Balaban J connectivity index is -0.00000000500. The molecule has 0 heterocycles. The molecule has 0 aromatic carbocycles. The first kappa shape index (κ1) is 46.9. The molecule has 0 saturated heterocycles. The van der Waals surface area contributed by atoms with Gasteiger partial charge in [-0.2, -0.15) is 0 Å². The zero-order chi connectivity index (χ0) is 4.00. The monoisotopic (exact) mass is 116 g/mol. The van der Waals surface area contributed by atoms with E-state index in [1.807, 2.05) is 0 Å². The standard InChI is InChI=1S/2F2.2FH/c2*1-2;;/h;;2*1H. The molecule has 0 spiro atoms. The summed E-state index contributed by atoms with van der Waals surface area (Å²) in [5, 5.41) is 0. The smallest absolute Gasteiger partial charge is 0 e. The van der Waals surface area contributed by atoms with Crippen molar-refractivity contribution in [3.05, 3.63) is 0 Å². The number of halogens is 6. The summed E-state index contributed by atoms with van der Waals surface area (Å²) >= 11 is 0. The molecule has 0 unspecified atom stereocenters.